The van der Waals surface area contributed by atoms with Crippen molar-refractivity contribution in [1.82, 2.24) is 9.97 Å². The predicted octanol–water partition coefficient (Wildman–Crippen LogP) is 2.50. The zero-order chi connectivity index (χ0) is 14.1. The second-order valence-corrected chi connectivity index (χ2v) is 4.24. The Morgan fingerprint density at radius 3 is 2.55 bits per heavy atom. The number of hydrogen-bond acceptors (Lipinski definition) is 4. The molecule has 0 aliphatic rings. The molecule has 3 rings (SSSR count). The van der Waals surface area contributed by atoms with Crippen LogP contribution in [0.15, 0.2) is 53.3 Å². The summed E-state index contributed by atoms with van der Waals surface area (Å²) in [6.07, 6.45) is 0. The zero-order valence-corrected chi connectivity index (χ0v) is 10.2. The second-order valence-electron chi connectivity index (χ2n) is 4.24. The summed E-state index contributed by atoms with van der Waals surface area (Å²) in [5.41, 5.74) is 0.692. The molecule has 20 heavy (non-hydrogen) atoms. The van der Waals surface area contributed by atoms with E-state index >= 15 is 0 Å². The minimum atomic E-state index is -0.538. The van der Waals surface area contributed by atoms with Gasteiger partial charge in [-0.05, 0) is 6.07 Å². The number of rotatable bonds is 2. The van der Waals surface area contributed by atoms with Crippen LogP contribution in [0.2, 0.25) is 0 Å². The van der Waals surface area contributed by atoms with Gasteiger partial charge in [0.05, 0.1) is 15.8 Å². The highest BCUT2D eigenvalue weighted by molar-refractivity contribution is 5.81. The van der Waals surface area contributed by atoms with E-state index in [9.17, 15) is 14.9 Å². The molecule has 0 amide bonds. The molecule has 0 atom stereocenters. The molecule has 1 aromatic heterocycles. The summed E-state index contributed by atoms with van der Waals surface area (Å²) in [6, 6.07) is 13.3. The average Bonchev–Trinajstić information content (AvgIpc) is 2.47. The SMILES string of the molecule is O=c1[nH]c(-c2ccccc2)nc2ccc([N+](=O)[O-])cc12. The Bertz CT molecular complexity index is 856. The van der Waals surface area contributed by atoms with Crippen molar-refractivity contribution in [2.75, 3.05) is 0 Å². The number of fused-ring (bicyclic) bond motifs is 1. The first kappa shape index (κ1) is 12.0. The van der Waals surface area contributed by atoms with Gasteiger partial charge in [0.2, 0.25) is 0 Å². The van der Waals surface area contributed by atoms with Crippen molar-refractivity contribution in [2.24, 2.45) is 0 Å². The van der Waals surface area contributed by atoms with Crippen LogP contribution in [0.4, 0.5) is 5.69 Å². The number of non-ortho nitro benzene ring substituents is 1. The molecule has 6 nitrogen and oxygen atoms in total. The molecule has 0 spiro atoms. The molecule has 6 heteroatoms. The number of nitro groups is 1. The number of aromatic nitrogens is 2. The van der Waals surface area contributed by atoms with Gasteiger partial charge >= 0.3 is 0 Å². The predicted molar refractivity (Wildman–Crippen MR) is 74.5 cm³/mol. The lowest BCUT2D eigenvalue weighted by Gasteiger charge is -2.02. The van der Waals surface area contributed by atoms with Crippen molar-refractivity contribution in [1.29, 1.82) is 0 Å². The fraction of sp³-hybridized carbons (Fsp3) is 0. The summed E-state index contributed by atoms with van der Waals surface area (Å²) >= 11 is 0. The maximum absolute atomic E-state index is 12.0. The smallest absolute Gasteiger partial charge is 0.270 e. The van der Waals surface area contributed by atoms with Gasteiger partial charge in [-0.1, -0.05) is 30.3 Å². The van der Waals surface area contributed by atoms with E-state index < -0.39 is 10.5 Å². The van der Waals surface area contributed by atoms with Crippen molar-refractivity contribution in [3.63, 3.8) is 0 Å². The van der Waals surface area contributed by atoms with Crippen molar-refractivity contribution in [3.05, 3.63) is 69.0 Å². The highest BCUT2D eigenvalue weighted by atomic mass is 16.6. The fourth-order valence-corrected chi connectivity index (χ4v) is 1.97. The van der Waals surface area contributed by atoms with E-state index in [2.05, 4.69) is 9.97 Å². The van der Waals surface area contributed by atoms with Crippen LogP contribution in [-0.2, 0) is 0 Å². The lowest BCUT2D eigenvalue weighted by atomic mass is 10.2. The second kappa shape index (κ2) is 4.58. The summed E-state index contributed by atoms with van der Waals surface area (Å²) in [4.78, 5) is 29.2. The number of nitro benzene ring substituents is 1. The standard InChI is InChI=1S/C14H9N3O3/c18-14-11-8-10(17(19)20)6-7-12(11)15-13(16-14)9-4-2-1-3-5-9/h1-8H,(H,15,16,18). The van der Waals surface area contributed by atoms with Gasteiger partial charge in [-0.25, -0.2) is 4.98 Å². The number of H-pyrrole nitrogens is 1. The molecule has 0 saturated heterocycles. The lowest BCUT2D eigenvalue weighted by molar-refractivity contribution is -0.384. The Balaban J connectivity index is 2.24. The minimum absolute atomic E-state index is 0.128. The largest absolute Gasteiger partial charge is 0.306 e. The first-order valence-corrected chi connectivity index (χ1v) is 5.89. The molecular formula is C14H9N3O3. The van der Waals surface area contributed by atoms with Crippen LogP contribution in [0.25, 0.3) is 22.3 Å². The summed E-state index contributed by atoms with van der Waals surface area (Å²) in [5, 5.41) is 10.9. The first-order chi connectivity index (χ1) is 9.65. The molecule has 2 aromatic carbocycles. The topological polar surface area (TPSA) is 88.9 Å². The van der Waals surface area contributed by atoms with Gasteiger partial charge in [-0.3, -0.25) is 14.9 Å². The summed E-state index contributed by atoms with van der Waals surface area (Å²) in [5.74, 6) is 0.442. The molecule has 0 fully saturated rings. The third-order valence-corrected chi connectivity index (χ3v) is 2.95. The molecule has 0 saturated carbocycles. The van der Waals surface area contributed by atoms with E-state index in [1.165, 1.54) is 18.2 Å². The van der Waals surface area contributed by atoms with Crippen LogP contribution in [0.5, 0.6) is 0 Å². The van der Waals surface area contributed by atoms with E-state index in [-0.39, 0.29) is 11.1 Å². The quantitative estimate of drug-likeness (QED) is 0.570. The monoisotopic (exact) mass is 267 g/mol. The molecular weight excluding hydrogens is 258 g/mol. The zero-order valence-electron chi connectivity index (χ0n) is 10.2. The molecule has 0 unspecified atom stereocenters. The van der Waals surface area contributed by atoms with Gasteiger partial charge in [-0.2, -0.15) is 0 Å². The molecule has 0 radical (unpaired) electrons. The first-order valence-electron chi connectivity index (χ1n) is 5.89. The third-order valence-electron chi connectivity index (χ3n) is 2.95. The fourth-order valence-electron chi connectivity index (χ4n) is 1.97. The number of nitrogens with zero attached hydrogens (tertiary/aromatic N) is 2. The van der Waals surface area contributed by atoms with Gasteiger partial charge in [0.25, 0.3) is 11.2 Å². The Labute approximate surface area is 112 Å². The third kappa shape index (κ3) is 2.03. The van der Waals surface area contributed by atoms with Crippen LogP contribution >= 0.6 is 0 Å². The Hall–Kier alpha value is -3.02. The van der Waals surface area contributed by atoms with Gasteiger partial charge in [0, 0.05) is 17.7 Å². The Kier molecular flexibility index (Phi) is 2.76. The normalized spacial score (nSPS) is 10.6. The van der Waals surface area contributed by atoms with Crippen LogP contribution in [-0.4, -0.2) is 14.9 Å². The van der Waals surface area contributed by atoms with Gasteiger partial charge in [-0.15, -0.1) is 0 Å². The Morgan fingerprint density at radius 1 is 1.10 bits per heavy atom. The van der Waals surface area contributed by atoms with E-state index in [0.29, 0.717) is 11.3 Å². The highest BCUT2D eigenvalue weighted by Gasteiger charge is 2.11. The molecule has 0 aliphatic heterocycles. The van der Waals surface area contributed by atoms with Crippen molar-refractivity contribution >= 4 is 16.6 Å². The van der Waals surface area contributed by atoms with Crippen LogP contribution in [0.3, 0.4) is 0 Å². The van der Waals surface area contributed by atoms with Gasteiger partial charge in [0.15, 0.2) is 0 Å². The highest BCUT2D eigenvalue weighted by Crippen LogP contribution is 2.19. The minimum Gasteiger partial charge on any atom is -0.306 e. The molecule has 1 N–H and O–H groups in total. The van der Waals surface area contributed by atoms with E-state index in [1.807, 2.05) is 30.3 Å². The number of aromatic amines is 1. The van der Waals surface area contributed by atoms with Gasteiger partial charge in [0.1, 0.15) is 5.82 Å². The molecule has 1 heterocycles. The number of nitrogens with one attached hydrogen (secondary N) is 1. The molecule has 3 aromatic rings. The maximum Gasteiger partial charge on any atom is 0.270 e. The molecule has 0 aliphatic carbocycles. The van der Waals surface area contributed by atoms with Gasteiger partial charge < -0.3 is 4.98 Å². The van der Waals surface area contributed by atoms with E-state index in [0.717, 1.165) is 5.56 Å². The molecule has 98 valence electrons. The van der Waals surface area contributed by atoms with E-state index in [1.54, 1.807) is 0 Å². The van der Waals surface area contributed by atoms with Crippen molar-refractivity contribution in [2.45, 2.75) is 0 Å². The van der Waals surface area contributed by atoms with Crippen LogP contribution < -0.4 is 5.56 Å². The number of hydrogen-bond donors (Lipinski definition) is 1. The van der Waals surface area contributed by atoms with Crippen molar-refractivity contribution < 1.29 is 4.92 Å². The Morgan fingerprint density at radius 2 is 1.85 bits per heavy atom. The van der Waals surface area contributed by atoms with Crippen LogP contribution in [0.1, 0.15) is 0 Å². The lowest BCUT2D eigenvalue weighted by Crippen LogP contribution is -2.09. The molecule has 0 bridgehead atoms. The summed E-state index contributed by atoms with van der Waals surface area (Å²) < 4.78 is 0. The maximum atomic E-state index is 12.0. The van der Waals surface area contributed by atoms with E-state index in [4.69, 9.17) is 0 Å². The van der Waals surface area contributed by atoms with Crippen LogP contribution in [0, 0.1) is 10.1 Å². The summed E-state index contributed by atoms with van der Waals surface area (Å²) in [7, 11) is 0. The summed E-state index contributed by atoms with van der Waals surface area (Å²) in [6.45, 7) is 0. The van der Waals surface area contributed by atoms with Crippen molar-refractivity contribution in [3.8, 4) is 11.4 Å². The number of benzene rings is 2. The average molecular weight is 267 g/mol.